The molecule has 3 rings (SSSR count). The summed E-state index contributed by atoms with van der Waals surface area (Å²) in [6.45, 7) is 5.27. The highest BCUT2D eigenvalue weighted by Crippen LogP contribution is 2.29. The van der Waals surface area contributed by atoms with E-state index in [9.17, 15) is 9.18 Å². The van der Waals surface area contributed by atoms with Crippen LogP contribution in [-0.4, -0.2) is 5.78 Å². The molecule has 0 saturated carbocycles. The Hall–Kier alpha value is -2.36. The van der Waals surface area contributed by atoms with E-state index in [1.807, 2.05) is 0 Å². The summed E-state index contributed by atoms with van der Waals surface area (Å²) in [5.41, 5.74) is 1.62. The quantitative estimate of drug-likeness (QED) is 0.652. The fourth-order valence-corrected chi connectivity index (χ4v) is 2.39. The normalized spacial score (nSPS) is 11.2. The third-order valence-corrected chi connectivity index (χ3v) is 3.39. The molecule has 0 amide bonds. The first kappa shape index (κ1) is 12.7. The highest BCUT2D eigenvalue weighted by molar-refractivity contribution is 6.11. The van der Waals surface area contributed by atoms with Gasteiger partial charge < -0.3 is 8.83 Å². The number of hydrogen-bond donors (Lipinski definition) is 0. The van der Waals surface area contributed by atoms with Crippen molar-refractivity contribution in [1.82, 2.24) is 0 Å². The predicted octanol–water partition coefficient (Wildman–Crippen LogP) is 4.32. The van der Waals surface area contributed by atoms with Gasteiger partial charge in [0.25, 0.3) is 0 Å². The molecule has 2 aromatic heterocycles. The molecule has 0 spiro atoms. The van der Waals surface area contributed by atoms with Crippen LogP contribution in [-0.2, 0) is 0 Å². The lowest BCUT2D eigenvalue weighted by atomic mass is 10.1. The average Bonchev–Trinajstić information content (AvgIpc) is 2.90. The Bertz CT molecular complexity index is 824. The minimum Gasteiger partial charge on any atom is -0.466 e. The van der Waals surface area contributed by atoms with Crippen molar-refractivity contribution in [2.24, 2.45) is 0 Å². The van der Waals surface area contributed by atoms with E-state index in [1.165, 1.54) is 18.2 Å². The minimum absolute atomic E-state index is 0.231. The molecular formula is C16H13FO3. The molecule has 0 N–H and O–H groups in total. The molecule has 0 radical (unpaired) electrons. The zero-order valence-corrected chi connectivity index (χ0v) is 11.4. The maximum absolute atomic E-state index is 13.3. The van der Waals surface area contributed by atoms with Crippen molar-refractivity contribution in [2.45, 2.75) is 20.8 Å². The van der Waals surface area contributed by atoms with Gasteiger partial charge in [0.15, 0.2) is 5.76 Å². The molecule has 102 valence electrons. The Morgan fingerprint density at radius 2 is 1.85 bits per heavy atom. The third-order valence-electron chi connectivity index (χ3n) is 3.39. The van der Waals surface area contributed by atoms with Gasteiger partial charge in [0, 0.05) is 10.9 Å². The first-order chi connectivity index (χ1) is 9.47. The number of aryl methyl sites for hydroxylation is 3. The smallest absolute Gasteiger partial charge is 0.232 e. The van der Waals surface area contributed by atoms with Crippen LogP contribution in [0.5, 0.6) is 0 Å². The van der Waals surface area contributed by atoms with Crippen LogP contribution >= 0.6 is 0 Å². The third kappa shape index (κ3) is 1.84. The number of benzene rings is 1. The number of fused-ring (bicyclic) bond motifs is 1. The molecule has 0 saturated heterocycles. The van der Waals surface area contributed by atoms with Gasteiger partial charge in [-0.1, -0.05) is 0 Å². The number of rotatable bonds is 2. The topological polar surface area (TPSA) is 43.4 Å². The van der Waals surface area contributed by atoms with Crippen LogP contribution in [0.2, 0.25) is 0 Å². The summed E-state index contributed by atoms with van der Waals surface area (Å²) >= 11 is 0. The van der Waals surface area contributed by atoms with Crippen LogP contribution in [0.15, 0.2) is 33.1 Å². The molecule has 0 fully saturated rings. The van der Waals surface area contributed by atoms with Gasteiger partial charge in [-0.15, -0.1) is 0 Å². The lowest BCUT2D eigenvalue weighted by Gasteiger charge is -1.96. The number of hydrogen-bond acceptors (Lipinski definition) is 3. The Balaban J connectivity index is 2.17. The molecule has 4 heteroatoms. The van der Waals surface area contributed by atoms with Crippen LogP contribution in [0.4, 0.5) is 4.39 Å². The number of carbonyl (C=O) groups excluding carboxylic acids is 1. The fraction of sp³-hybridized carbons (Fsp3) is 0.188. The van der Waals surface area contributed by atoms with Gasteiger partial charge in [0.2, 0.25) is 5.78 Å². The van der Waals surface area contributed by atoms with Crippen molar-refractivity contribution in [3.63, 3.8) is 0 Å². The van der Waals surface area contributed by atoms with Gasteiger partial charge in [-0.2, -0.15) is 0 Å². The van der Waals surface area contributed by atoms with Crippen molar-refractivity contribution >= 4 is 16.8 Å². The molecular weight excluding hydrogens is 259 g/mol. The summed E-state index contributed by atoms with van der Waals surface area (Å²) in [5, 5.41) is 0.617. The van der Waals surface area contributed by atoms with Crippen molar-refractivity contribution in [3.8, 4) is 0 Å². The molecule has 3 aromatic rings. The molecule has 2 heterocycles. The van der Waals surface area contributed by atoms with E-state index in [0.717, 1.165) is 0 Å². The SMILES string of the molecule is Cc1cc(C(=O)c2oc3ccc(F)cc3c2C)c(C)o1. The lowest BCUT2D eigenvalue weighted by Crippen LogP contribution is -2.01. The van der Waals surface area contributed by atoms with Gasteiger partial charge in [0.1, 0.15) is 22.9 Å². The number of halogens is 1. The molecule has 3 nitrogen and oxygen atoms in total. The van der Waals surface area contributed by atoms with Crippen LogP contribution < -0.4 is 0 Å². The van der Waals surface area contributed by atoms with Gasteiger partial charge in [-0.05, 0) is 45.0 Å². The van der Waals surface area contributed by atoms with E-state index in [-0.39, 0.29) is 17.4 Å². The van der Waals surface area contributed by atoms with Gasteiger partial charge in [-0.3, -0.25) is 4.79 Å². The second-order valence-corrected chi connectivity index (χ2v) is 4.85. The van der Waals surface area contributed by atoms with Crippen LogP contribution in [0, 0.1) is 26.6 Å². The molecule has 0 unspecified atom stereocenters. The summed E-state index contributed by atoms with van der Waals surface area (Å²) in [6, 6.07) is 5.90. The van der Waals surface area contributed by atoms with E-state index >= 15 is 0 Å². The number of furan rings is 2. The van der Waals surface area contributed by atoms with Gasteiger partial charge in [-0.25, -0.2) is 4.39 Å². The first-order valence-electron chi connectivity index (χ1n) is 6.27. The standard InChI is InChI=1S/C16H13FO3/c1-8-6-13(10(3)19-8)15(18)16-9(2)12-7-11(17)4-5-14(12)20-16/h4-7H,1-3H3. The maximum atomic E-state index is 13.3. The van der Waals surface area contributed by atoms with E-state index in [1.54, 1.807) is 26.8 Å². The highest BCUT2D eigenvalue weighted by atomic mass is 19.1. The summed E-state index contributed by atoms with van der Waals surface area (Å²) in [5.74, 6) is 0.864. The largest absolute Gasteiger partial charge is 0.466 e. The minimum atomic E-state index is -0.351. The molecule has 0 aliphatic heterocycles. The zero-order chi connectivity index (χ0) is 14.4. The highest BCUT2D eigenvalue weighted by Gasteiger charge is 2.22. The van der Waals surface area contributed by atoms with Crippen molar-refractivity contribution in [2.75, 3.05) is 0 Å². The van der Waals surface area contributed by atoms with E-state index in [0.29, 0.717) is 33.6 Å². The van der Waals surface area contributed by atoms with E-state index < -0.39 is 0 Å². The fourth-order valence-electron chi connectivity index (χ4n) is 2.39. The van der Waals surface area contributed by atoms with Crippen molar-refractivity contribution in [1.29, 1.82) is 0 Å². The van der Waals surface area contributed by atoms with Crippen LogP contribution in [0.1, 0.15) is 33.2 Å². The molecule has 0 atom stereocenters. The Morgan fingerprint density at radius 3 is 2.50 bits per heavy atom. The predicted molar refractivity (Wildman–Crippen MR) is 72.5 cm³/mol. The Morgan fingerprint density at radius 1 is 1.10 bits per heavy atom. The Labute approximate surface area is 115 Å². The maximum Gasteiger partial charge on any atom is 0.232 e. The van der Waals surface area contributed by atoms with E-state index in [2.05, 4.69) is 0 Å². The molecule has 0 bridgehead atoms. The van der Waals surface area contributed by atoms with Gasteiger partial charge >= 0.3 is 0 Å². The Kier molecular flexibility index (Phi) is 2.74. The summed E-state index contributed by atoms with van der Waals surface area (Å²) in [7, 11) is 0. The molecule has 20 heavy (non-hydrogen) atoms. The second-order valence-electron chi connectivity index (χ2n) is 4.85. The number of carbonyl (C=O) groups is 1. The first-order valence-corrected chi connectivity index (χ1v) is 6.27. The lowest BCUT2D eigenvalue weighted by molar-refractivity contribution is 0.101. The van der Waals surface area contributed by atoms with Crippen LogP contribution in [0.3, 0.4) is 0 Å². The zero-order valence-electron chi connectivity index (χ0n) is 11.4. The number of ketones is 1. The molecule has 0 aliphatic rings. The van der Waals surface area contributed by atoms with Gasteiger partial charge in [0.05, 0.1) is 5.56 Å². The molecule has 0 aliphatic carbocycles. The summed E-state index contributed by atoms with van der Waals surface area (Å²) in [4.78, 5) is 12.5. The molecule has 1 aromatic carbocycles. The summed E-state index contributed by atoms with van der Waals surface area (Å²) < 4.78 is 24.2. The van der Waals surface area contributed by atoms with Crippen molar-refractivity contribution < 1.29 is 18.0 Å². The van der Waals surface area contributed by atoms with Crippen LogP contribution in [0.25, 0.3) is 11.0 Å². The van der Waals surface area contributed by atoms with Crippen molar-refractivity contribution in [3.05, 3.63) is 58.5 Å². The van der Waals surface area contributed by atoms with E-state index in [4.69, 9.17) is 8.83 Å². The summed E-state index contributed by atoms with van der Waals surface area (Å²) in [6.07, 6.45) is 0. The monoisotopic (exact) mass is 272 g/mol. The second kappa shape index (κ2) is 4.34. The average molecular weight is 272 g/mol.